The van der Waals surface area contributed by atoms with Gasteiger partial charge in [0.2, 0.25) is 0 Å². The Labute approximate surface area is 135 Å². The fourth-order valence-electron chi connectivity index (χ4n) is 1.82. The molecule has 0 fully saturated rings. The van der Waals surface area contributed by atoms with E-state index in [1.54, 1.807) is 6.07 Å². The Kier molecular flexibility index (Phi) is 4.63. The summed E-state index contributed by atoms with van der Waals surface area (Å²) in [5, 5.41) is 0. The predicted octanol–water partition coefficient (Wildman–Crippen LogP) is 5.65. The lowest BCUT2D eigenvalue weighted by Crippen LogP contribution is -2.13. The maximum atomic E-state index is 12.9. The number of hydrogen-bond acceptors (Lipinski definition) is 2. The molecule has 0 spiro atoms. The number of alkyl halides is 3. The van der Waals surface area contributed by atoms with Crippen LogP contribution >= 0.6 is 43.2 Å². The fraction of sp³-hybridized carbons (Fsp3) is 0.231. The molecule has 7 heteroatoms. The van der Waals surface area contributed by atoms with Crippen LogP contribution in [0.1, 0.15) is 26.9 Å². The van der Waals surface area contributed by atoms with Gasteiger partial charge >= 0.3 is 6.18 Å². The summed E-state index contributed by atoms with van der Waals surface area (Å²) in [6, 6.07) is 5.40. The molecule has 1 unspecified atom stereocenters. The number of aryl methyl sites for hydroxylation is 1. The van der Waals surface area contributed by atoms with Crippen LogP contribution in [-0.2, 0) is 6.18 Å². The summed E-state index contributed by atoms with van der Waals surface area (Å²) >= 11 is 7.78. The predicted molar refractivity (Wildman–Crippen MR) is 81.9 cm³/mol. The molecule has 0 aliphatic carbocycles. The molecule has 0 bridgehead atoms. The molecule has 1 heterocycles. The molecule has 1 aromatic carbocycles. The van der Waals surface area contributed by atoms with Gasteiger partial charge < -0.3 is 5.73 Å². The molecule has 1 aromatic heterocycles. The summed E-state index contributed by atoms with van der Waals surface area (Å²) in [6.07, 6.45) is -4.41. The second kappa shape index (κ2) is 5.79. The Hall–Kier alpha value is -0.370. The second-order valence-corrected chi connectivity index (χ2v) is 7.28. The smallest absolute Gasteiger partial charge is 0.320 e. The molecule has 2 aromatic rings. The second-order valence-electron chi connectivity index (χ2n) is 4.28. The fourth-order valence-corrected chi connectivity index (χ4v) is 4.22. The topological polar surface area (TPSA) is 26.0 Å². The lowest BCUT2D eigenvalue weighted by atomic mass is 10.0. The zero-order valence-corrected chi connectivity index (χ0v) is 14.3. The van der Waals surface area contributed by atoms with Crippen molar-refractivity contribution in [3.63, 3.8) is 0 Å². The van der Waals surface area contributed by atoms with Crippen molar-refractivity contribution in [2.75, 3.05) is 0 Å². The van der Waals surface area contributed by atoms with E-state index in [9.17, 15) is 13.2 Å². The number of hydrogen-bond donors (Lipinski definition) is 1. The highest BCUT2D eigenvalue weighted by Gasteiger charge is 2.33. The molecule has 1 atom stereocenters. The van der Waals surface area contributed by atoms with Crippen molar-refractivity contribution in [1.82, 2.24) is 0 Å². The maximum Gasteiger partial charge on any atom is 0.417 e. The first-order valence-electron chi connectivity index (χ1n) is 5.58. The molecular formula is C13H10Br2F3NS. The summed E-state index contributed by atoms with van der Waals surface area (Å²) < 4.78 is 39.5. The summed E-state index contributed by atoms with van der Waals surface area (Å²) in [6.45, 7) is 1.92. The van der Waals surface area contributed by atoms with E-state index in [4.69, 9.17) is 5.73 Å². The molecule has 0 saturated carbocycles. The number of thiophene rings is 1. The van der Waals surface area contributed by atoms with Crippen molar-refractivity contribution < 1.29 is 13.2 Å². The van der Waals surface area contributed by atoms with Crippen molar-refractivity contribution in [3.05, 3.63) is 54.1 Å². The van der Waals surface area contributed by atoms with E-state index in [1.165, 1.54) is 17.4 Å². The largest absolute Gasteiger partial charge is 0.417 e. The lowest BCUT2D eigenvalue weighted by molar-refractivity contribution is -0.138. The molecule has 0 radical (unpaired) electrons. The lowest BCUT2D eigenvalue weighted by Gasteiger charge is -2.15. The van der Waals surface area contributed by atoms with Crippen molar-refractivity contribution in [1.29, 1.82) is 0 Å². The molecule has 0 saturated heterocycles. The molecular weight excluding hydrogens is 419 g/mol. The highest BCUT2D eigenvalue weighted by Crippen LogP contribution is 2.39. The molecule has 0 aliphatic heterocycles. The highest BCUT2D eigenvalue weighted by atomic mass is 79.9. The van der Waals surface area contributed by atoms with Gasteiger partial charge in [-0.3, -0.25) is 0 Å². The van der Waals surface area contributed by atoms with Gasteiger partial charge in [0.15, 0.2) is 0 Å². The van der Waals surface area contributed by atoms with Crippen LogP contribution in [0.2, 0.25) is 0 Å². The van der Waals surface area contributed by atoms with E-state index in [1.807, 2.05) is 13.0 Å². The van der Waals surface area contributed by atoms with Gasteiger partial charge in [0.25, 0.3) is 0 Å². The van der Waals surface area contributed by atoms with Gasteiger partial charge in [-0.2, -0.15) is 13.2 Å². The average molecular weight is 429 g/mol. The monoisotopic (exact) mass is 427 g/mol. The molecule has 0 aliphatic rings. The summed E-state index contributed by atoms with van der Waals surface area (Å²) in [5.74, 6) is 0. The van der Waals surface area contributed by atoms with Crippen molar-refractivity contribution in [2.24, 2.45) is 5.73 Å². The summed E-state index contributed by atoms with van der Waals surface area (Å²) in [7, 11) is 0. The third kappa shape index (κ3) is 3.27. The molecule has 2 N–H and O–H groups in total. The minimum atomic E-state index is -4.41. The van der Waals surface area contributed by atoms with Crippen LogP contribution in [0.25, 0.3) is 0 Å². The van der Waals surface area contributed by atoms with Gasteiger partial charge in [0, 0.05) is 18.7 Å². The van der Waals surface area contributed by atoms with Crippen LogP contribution in [0.3, 0.4) is 0 Å². The quantitative estimate of drug-likeness (QED) is 0.657. The van der Waals surface area contributed by atoms with Gasteiger partial charge in [-0.05, 0) is 46.6 Å². The molecule has 2 rings (SSSR count). The van der Waals surface area contributed by atoms with E-state index in [0.29, 0.717) is 5.56 Å². The normalized spacial score (nSPS) is 13.6. The third-order valence-electron chi connectivity index (χ3n) is 2.77. The van der Waals surface area contributed by atoms with E-state index in [0.717, 1.165) is 20.3 Å². The van der Waals surface area contributed by atoms with Gasteiger partial charge in [-0.1, -0.05) is 22.0 Å². The number of nitrogens with two attached hydrogens (primary N) is 1. The number of rotatable bonds is 2. The average Bonchev–Trinajstić information content (AvgIpc) is 2.66. The van der Waals surface area contributed by atoms with Crippen LogP contribution in [0.15, 0.2) is 33.2 Å². The SMILES string of the molecule is Cc1cc(Br)c(C(N)c2ccc(Br)c(C(F)(F)F)c2)s1. The zero-order chi connectivity index (χ0) is 15.1. The third-order valence-corrected chi connectivity index (χ3v) is 5.52. The van der Waals surface area contributed by atoms with Gasteiger partial charge in [0.1, 0.15) is 0 Å². The number of halogens is 5. The number of benzene rings is 1. The minimum Gasteiger partial charge on any atom is -0.320 e. The van der Waals surface area contributed by atoms with Gasteiger partial charge in [-0.25, -0.2) is 0 Å². The first-order chi connectivity index (χ1) is 9.20. The van der Waals surface area contributed by atoms with Gasteiger partial charge in [0.05, 0.1) is 11.6 Å². The molecule has 20 heavy (non-hydrogen) atoms. The highest BCUT2D eigenvalue weighted by molar-refractivity contribution is 9.10. The zero-order valence-electron chi connectivity index (χ0n) is 10.3. The van der Waals surface area contributed by atoms with E-state index >= 15 is 0 Å². The Bertz CT molecular complexity index is 637. The standard InChI is InChI=1S/C13H10Br2F3NS/c1-6-4-10(15)12(20-6)11(19)7-2-3-9(14)8(5-7)13(16,17)18/h2-5,11H,19H2,1H3. The Morgan fingerprint density at radius 2 is 1.80 bits per heavy atom. The van der Waals surface area contributed by atoms with Crippen LogP contribution in [0.4, 0.5) is 13.2 Å². The van der Waals surface area contributed by atoms with E-state index in [-0.39, 0.29) is 4.47 Å². The first kappa shape index (κ1) is 16.0. The van der Waals surface area contributed by atoms with Crippen LogP contribution in [0, 0.1) is 6.92 Å². The van der Waals surface area contributed by atoms with E-state index < -0.39 is 17.8 Å². The summed E-state index contributed by atoms with van der Waals surface area (Å²) in [5.41, 5.74) is 5.81. The Morgan fingerprint density at radius 1 is 1.15 bits per heavy atom. The minimum absolute atomic E-state index is 0.0161. The first-order valence-corrected chi connectivity index (χ1v) is 7.98. The van der Waals surface area contributed by atoms with Crippen molar-refractivity contribution in [3.8, 4) is 0 Å². The molecule has 0 amide bonds. The maximum absolute atomic E-state index is 12.9. The van der Waals surface area contributed by atoms with Gasteiger partial charge in [-0.15, -0.1) is 11.3 Å². The van der Waals surface area contributed by atoms with Crippen LogP contribution in [-0.4, -0.2) is 0 Å². The molecule has 108 valence electrons. The van der Waals surface area contributed by atoms with Crippen LogP contribution in [0.5, 0.6) is 0 Å². The van der Waals surface area contributed by atoms with Crippen molar-refractivity contribution in [2.45, 2.75) is 19.1 Å². The summed E-state index contributed by atoms with van der Waals surface area (Å²) in [4.78, 5) is 1.87. The Morgan fingerprint density at radius 3 is 2.30 bits per heavy atom. The van der Waals surface area contributed by atoms with Crippen LogP contribution < -0.4 is 5.73 Å². The Balaban J connectivity index is 2.46. The van der Waals surface area contributed by atoms with Crippen molar-refractivity contribution >= 4 is 43.2 Å². The van der Waals surface area contributed by atoms with E-state index in [2.05, 4.69) is 31.9 Å². The molecule has 1 nitrogen and oxygen atoms in total.